The van der Waals surface area contributed by atoms with Gasteiger partial charge in [-0.15, -0.1) is 0 Å². The number of aliphatic carboxylic acids is 1. The number of phenols is 1. The van der Waals surface area contributed by atoms with Crippen LogP contribution in [-0.4, -0.2) is 39.5 Å². The Morgan fingerprint density at radius 2 is 1.61 bits per heavy atom. The van der Waals surface area contributed by atoms with Gasteiger partial charge in [0.25, 0.3) is 0 Å². The average molecular weight is 605 g/mol. The van der Waals surface area contributed by atoms with Crippen LogP contribution in [0.3, 0.4) is 0 Å². The van der Waals surface area contributed by atoms with Crippen LogP contribution in [0.5, 0.6) is 5.75 Å². The van der Waals surface area contributed by atoms with E-state index in [1.54, 1.807) is 30.3 Å². The van der Waals surface area contributed by atoms with Crippen LogP contribution in [0, 0.1) is 57.2 Å². The monoisotopic (exact) mass is 604 g/mol. The summed E-state index contributed by atoms with van der Waals surface area (Å²) in [7, 11) is 0. The summed E-state index contributed by atoms with van der Waals surface area (Å²) >= 11 is 0. The Morgan fingerprint density at radius 1 is 0.932 bits per heavy atom. The number of carbonyl (C=O) groups excluding carboxylic acids is 1. The van der Waals surface area contributed by atoms with E-state index < -0.39 is 35.0 Å². The van der Waals surface area contributed by atoms with E-state index in [-0.39, 0.29) is 28.4 Å². The molecule has 3 unspecified atom stereocenters. The Morgan fingerprint density at radius 3 is 2.30 bits per heavy atom. The number of esters is 1. The lowest BCUT2D eigenvalue weighted by Gasteiger charge is -2.68. The number of phenolic OH excluding ortho intramolecular Hbond substituents is 1. The number of allylic oxidation sites excluding steroid dienone is 2. The highest BCUT2D eigenvalue weighted by Crippen LogP contribution is 2.72. The van der Waals surface area contributed by atoms with E-state index in [1.807, 2.05) is 0 Å². The number of aliphatic hydroxyl groups excluding tert-OH is 1. The van der Waals surface area contributed by atoms with E-state index in [0.717, 1.165) is 50.5 Å². The van der Waals surface area contributed by atoms with E-state index in [9.17, 15) is 24.9 Å². The van der Waals surface area contributed by atoms with Gasteiger partial charge in [0.05, 0.1) is 11.5 Å². The van der Waals surface area contributed by atoms with Crippen molar-refractivity contribution in [3.63, 3.8) is 0 Å². The van der Waals surface area contributed by atoms with E-state index >= 15 is 0 Å². The third kappa shape index (κ3) is 4.60. The second-order valence-electron chi connectivity index (χ2n) is 16.4. The van der Waals surface area contributed by atoms with Crippen molar-refractivity contribution in [2.24, 2.45) is 57.2 Å². The highest BCUT2D eigenvalue weighted by atomic mass is 16.6. The summed E-state index contributed by atoms with van der Waals surface area (Å²) in [6.07, 6.45) is 11.2. The highest BCUT2D eigenvalue weighted by Gasteiger charge is 2.67. The SMILES string of the molecule is C[C@H]1[C@H](C)CC[C@]2(C(=O)O)CCC3C(=CCC4[C@@]3(C)CCC3C(C)(C)[C@@H](OC(=O)/C=C/c5ccc(O)cc5)[C@H](O)C[C@@]34C)[C@H]12. The number of fused-ring (bicyclic) bond motifs is 7. The van der Waals surface area contributed by atoms with Gasteiger partial charge in [-0.3, -0.25) is 4.79 Å². The number of hydrogen-bond acceptors (Lipinski definition) is 5. The van der Waals surface area contributed by atoms with Crippen molar-refractivity contribution in [1.29, 1.82) is 0 Å². The minimum absolute atomic E-state index is 0.0482. The van der Waals surface area contributed by atoms with Crippen LogP contribution in [0.1, 0.15) is 98.5 Å². The molecule has 6 rings (SSSR count). The number of carboxylic acid groups (broad SMARTS) is 1. The lowest BCUT2D eigenvalue weighted by atomic mass is 9.36. The molecule has 44 heavy (non-hydrogen) atoms. The molecule has 0 amide bonds. The molecule has 3 N–H and O–H groups in total. The van der Waals surface area contributed by atoms with Crippen LogP contribution >= 0.6 is 0 Å². The van der Waals surface area contributed by atoms with Crippen molar-refractivity contribution in [2.45, 2.75) is 105 Å². The molecule has 0 radical (unpaired) electrons. The first-order valence-corrected chi connectivity index (χ1v) is 16.9. The lowest BCUT2D eigenvalue weighted by molar-refractivity contribution is -0.229. The van der Waals surface area contributed by atoms with Crippen LogP contribution in [0.25, 0.3) is 6.08 Å². The molecule has 1 aromatic rings. The van der Waals surface area contributed by atoms with Gasteiger partial charge in [-0.05, 0) is 121 Å². The van der Waals surface area contributed by atoms with Gasteiger partial charge in [-0.2, -0.15) is 0 Å². The van der Waals surface area contributed by atoms with E-state index in [4.69, 9.17) is 4.74 Å². The third-order valence-electron chi connectivity index (χ3n) is 14.1. The maximum Gasteiger partial charge on any atom is 0.331 e. The number of ether oxygens (including phenoxy) is 1. The molecule has 0 spiro atoms. The Balaban J connectivity index is 1.27. The van der Waals surface area contributed by atoms with Crippen molar-refractivity contribution in [3.8, 4) is 5.75 Å². The van der Waals surface area contributed by atoms with Crippen LogP contribution in [-0.2, 0) is 14.3 Å². The lowest BCUT2D eigenvalue weighted by Crippen LogP contribution is -2.65. The molecule has 4 saturated carbocycles. The molecule has 0 bridgehead atoms. The van der Waals surface area contributed by atoms with Gasteiger partial charge < -0.3 is 20.1 Å². The predicted octanol–water partition coefficient (Wildman–Crippen LogP) is 7.64. The number of rotatable bonds is 4. The summed E-state index contributed by atoms with van der Waals surface area (Å²) in [6, 6.07) is 6.62. The minimum Gasteiger partial charge on any atom is -0.508 e. The second-order valence-corrected chi connectivity index (χ2v) is 16.4. The van der Waals surface area contributed by atoms with Gasteiger partial charge in [0.2, 0.25) is 0 Å². The van der Waals surface area contributed by atoms with Crippen molar-refractivity contribution in [2.75, 3.05) is 0 Å². The van der Waals surface area contributed by atoms with Gasteiger partial charge in [0.15, 0.2) is 0 Å². The van der Waals surface area contributed by atoms with Crippen LogP contribution in [0.15, 0.2) is 42.0 Å². The number of carboxylic acids is 1. The molecular formula is C38H52O6. The summed E-state index contributed by atoms with van der Waals surface area (Å²) in [5.41, 5.74) is 1.09. The van der Waals surface area contributed by atoms with Crippen LogP contribution < -0.4 is 0 Å². The predicted molar refractivity (Wildman–Crippen MR) is 170 cm³/mol. The number of aliphatic hydroxyl groups is 1. The minimum atomic E-state index is -0.768. The first-order valence-electron chi connectivity index (χ1n) is 16.9. The zero-order valence-electron chi connectivity index (χ0n) is 27.4. The zero-order chi connectivity index (χ0) is 31.8. The van der Waals surface area contributed by atoms with Crippen LogP contribution in [0.2, 0.25) is 0 Å². The molecule has 240 valence electrons. The summed E-state index contributed by atoms with van der Waals surface area (Å²) in [5.74, 6) is 1.12. The molecule has 6 nitrogen and oxygen atoms in total. The van der Waals surface area contributed by atoms with Crippen molar-refractivity contribution >= 4 is 18.0 Å². The van der Waals surface area contributed by atoms with Gasteiger partial charge in [-0.1, -0.05) is 65.3 Å². The first kappa shape index (κ1) is 31.4. The summed E-state index contributed by atoms with van der Waals surface area (Å²) < 4.78 is 6.03. The fourth-order valence-corrected chi connectivity index (χ4v) is 11.8. The normalized spacial score (nSPS) is 44.4. The number of hydrogen-bond donors (Lipinski definition) is 3. The molecule has 4 fully saturated rings. The first-order chi connectivity index (χ1) is 20.6. The van der Waals surface area contributed by atoms with Gasteiger partial charge >= 0.3 is 11.9 Å². The fourth-order valence-electron chi connectivity index (χ4n) is 11.8. The van der Waals surface area contributed by atoms with Gasteiger partial charge in [0, 0.05) is 11.5 Å². The number of carbonyl (C=O) groups is 2. The molecule has 6 heteroatoms. The second kappa shape index (κ2) is 10.7. The molecule has 5 aliphatic rings. The Bertz CT molecular complexity index is 1360. The molecule has 5 aliphatic carbocycles. The largest absolute Gasteiger partial charge is 0.508 e. The summed E-state index contributed by atoms with van der Waals surface area (Å²) in [6.45, 7) is 13.8. The van der Waals surface area contributed by atoms with Crippen molar-refractivity contribution in [1.82, 2.24) is 0 Å². The zero-order valence-corrected chi connectivity index (χ0v) is 27.4. The molecule has 0 aliphatic heterocycles. The Hall–Kier alpha value is -2.60. The Kier molecular flexibility index (Phi) is 7.66. The molecule has 1 aromatic carbocycles. The smallest absolute Gasteiger partial charge is 0.331 e. The molecular weight excluding hydrogens is 552 g/mol. The van der Waals surface area contributed by atoms with Gasteiger partial charge in [-0.25, -0.2) is 4.79 Å². The molecule has 0 saturated heterocycles. The maximum absolute atomic E-state index is 13.0. The molecule has 11 atom stereocenters. The fraction of sp³-hybridized carbons (Fsp3) is 0.684. The maximum atomic E-state index is 13.0. The van der Waals surface area contributed by atoms with Crippen molar-refractivity contribution < 1.29 is 29.6 Å². The molecule has 0 heterocycles. The quantitative estimate of drug-likeness (QED) is 0.185. The summed E-state index contributed by atoms with van der Waals surface area (Å²) in [4.78, 5) is 25.9. The highest BCUT2D eigenvalue weighted by molar-refractivity contribution is 5.87. The van der Waals surface area contributed by atoms with Crippen LogP contribution in [0.4, 0.5) is 0 Å². The summed E-state index contributed by atoms with van der Waals surface area (Å²) in [5, 5.41) is 31.8. The third-order valence-corrected chi connectivity index (χ3v) is 14.1. The van der Waals surface area contributed by atoms with Crippen molar-refractivity contribution in [3.05, 3.63) is 47.6 Å². The topological polar surface area (TPSA) is 104 Å². The van der Waals surface area contributed by atoms with E-state index in [1.165, 1.54) is 11.6 Å². The molecule has 0 aromatic heterocycles. The standard InChI is InChI=1S/C38H52O6/c1-22-15-19-38(34(42)43)20-16-27-26(32(38)23(22)2)12-13-30-36(27,5)18-17-29-35(3,4)33(28(40)21-37(29,30)6)44-31(41)14-9-24-7-10-25(39)11-8-24/h7-12,14,22-23,27-30,32-33,39-40H,13,15-21H2,1-6H3,(H,42,43)/b14-9+/t22-,23+,27?,28-,29?,30?,32+,33+,36+,37+,38+/m1/s1. The average Bonchev–Trinajstić information content (AvgIpc) is 2.96. The number of benzene rings is 1. The number of aromatic hydroxyl groups is 1. The van der Waals surface area contributed by atoms with E-state index in [0.29, 0.717) is 30.1 Å². The Labute approximate surface area is 263 Å². The van der Waals surface area contributed by atoms with Gasteiger partial charge in [0.1, 0.15) is 11.9 Å². The van der Waals surface area contributed by atoms with E-state index in [2.05, 4.69) is 47.6 Å².